The molecular weight excluding hydrogens is 270 g/mol. The van der Waals surface area contributed by atoms with Crippen LogP contribution in [0.4, 0.5) is 5.69 Å². The SMILES string of the molecule is CC(C(N)=S)N(C)CC(=O)Nc1ccc(Cl)cc1. The molecule has 0 saturated heterocycles. The van der Waals surface area contributed by atoms with Crippen LogP contribution in [0, 0.1) is 0 Å². The predicted molar refractivity (Wildman–Crippen MR) is 79.0 cm³/mol. The first-order valence-electron chi connectivity index (χ1n) is 5.45. The van der Waals surface area contributed by atoms with E-state index in [0.29, 0.717) is 15.7 Å². The lowest BCUT2D eigenvalue weighted by Gasteiger charge is -2.22. The number of rotatable bonds is 5. The summed E-state index contributed by atoms with van der Waals surface area (Å²) in [5, 5.41) is 3.40. The first-order valence-corrected chi connectivity index (χ1v) is 6.23. The van der Waals surface area contributed by atoms with E-state index in [-0.39, 0.29) is 18.5 Å². The molecule has 0 saturated carbocycles. The van der Waals surface area contributed by atoms with Crippen LogP contribution in [-0.2, 0) is 4.79 Å². The number of nitrogens with zero attached hydrogens (tertiary/aromatic N) is 1. The van der Waals surface area contributed by atoms with Crippen LogP contribution in [0.5, 0.6) is 0 Å². The summed E-state index contributed by atoms with van der Waals surface area (Å²) in [7, 11) is 1.80. The zero-order chi connectivity index (χ0) is 13.7. The van der Waals surface area contributed by atoms with E-state index in [1.807, 2.05) is 6.92 Å². The average Bonchev–Trinajstić information content (AvgIpc) is 2.30. The fourth-order valence-corrected chi connectivity index (χ4v) is 1.62. The molecule has 1 atom stereocenters. The van der Waals surface area contributed by atoms with Crippen LogP contribution < -0.4 is 11.1 Å². The number of carbonyl (C=O) groups excluding carboxylic acids is 1. The number of nitrogens with two attached hydrogens (primary N) is 1. The van der Waals surface area contributed by atoms with Crippen molar-refractivity contribution in [3.63, 3.8) is 0 Å². The van der Waals surface area contributed by atoms with E-state index in [4.69, 9.17) is 29.6 Å². The molecule has 0 aliphatic carbocycles. The van der Waals surface area contributed by atoms with Gasteiger partial charge in [-0.3, -0.25) is 9.69 Å². The Bertz CT molecular complexity index is 435. The molecule has 0 heterocycles. The van der Waals surface area contributed by atoms with Crippen molar-refractivity contribution in [3.05, 3.63) is 29.3 Å². The average molecular weight is 286 g/mol. The second-order valence-corrected chi connectivity index (χ2v) is 4.96. The fraction of sp³-hybridized carbons (Fsp3) is 0.333. The van der Waals surface area contributed by atoms with Gasteiger partial charge in [0.05, 0.1) is 17.6 Å². The molecular formula is C12H16ClN3OS. The lowest BCUT2D eigenvalue weighted by atomic mass is 10.3. The molecule has 0 aliphatic rings. The second-order valence-electron chi connectivity index (χ2n) is 4.05. The van der Waals surface area contributed by atoms with Gasteiger partial charge in [-0.25, -0.2) is 0 Å². The van der Waals surface area contributed by atoms with Gasteiger partial charge in [-0.2, -0.15) is 0 Å². The minimum absolute atomic E-state index is 0.115. The highest BCUT2D eigenvalue weighted by Gasteiger charge is 2.14. The van der Waals surface area contributed by atoms with Crippen molar-refractivity contribution in [2.24, 2.45) is 5.73 Å². The maximum Gasteiger partial charge on any atom is 0.238 e. The standard InChI is InChI=1S/C12H16ClN3OS/c1-8(12(14)18)16(2)7-11(17)15-10-5-3-9(13)4-6-10/h3-6,8H,7H2,1-2H3,(H2,14,18)(H,15,17). The summed E-state index contributed by atoms with van der Waals surface area (Å²) in [5.41, 5.74) is 6.23. The summed E-state index contributed by atoms with van der Waals surface area (Å²) in [6, 6.07) is 6.82. The molecule has 1 unspecified atom stereocenters. The third-order valence-corrected chi connectivity index (χ3v) is 3.19. The van der Waals surface area contributed by atoms with Gasteiger partial charge in [0, 0.05) is 10.7 Å². The number of hydrogen-bond donors (Lipinski definition) is 2. The zero-order valence-electron chi connectivity index (χ0n) is 10.3. The van der Waals surface area contributed by atoms with Gasteiger partial charge in [0.2, 0.25) is 5.91 Å². The molecule has 1 amide bonds. The summed E-state index contributed by atoms with van der Waals surface area (Å²) in [6.45, 7) is 2.08. The number of halogens is 1. The number of nitrogens with one attached hydrogen (secondary N) is 1. The molecule has 0 radical (unpaired) electrons. The number of hydrogen-bond acceptors (Lipinski definition) is 3. The first-order chi connectivity index (χ1) is 8.40. The van der Waals surface area contributed by atoms with E-state index < -0.39 is 0 Å². The summed E-state index contributed by atoms with van der Waals surface area (Å²) in [4.78, 5) is 13.9. The van der Waals surface area contributed by atoms with Crippen LogP contribution in [0.1, 0.15) is 6.92 Å². The van der Waals surface area contributed by atoms with E-state index >= 15 is 0 Å². The fourth-order valence-electron chi connectivity index (χ4n) is 1.31. The molecule has 1 aromatic rings. The Balaban J connectivity index is 2.51. The lowest BCUT2D eigenvalue weighted by molar-refractivity contribution is -0.117. The highest BCUT2D eigenvalue weighted by Crippen LogP contribution is 2.13. The van der Waals surface area contributed by atoms with E-state index in [0.717, 1.165) is 0 Å². The predicted octanol–water partition coefficient (Wildman–Crippen LogP) is 1.88. The van der Waals surface area contributed by atoms with E-state index in [1.165, 1.54) is 0 Å². The van der Waals surface area contributed by atoms with Gasteiger partial charge >= 0.3 is 0 Å². The number of benzene rings is 1. The minimum Gasteiger partial charge on any atom is -0.392 e. The Kier molecular flexibility index (Phi) is 5.53. The van der Waals surface area contributed by atoms with Gasteiger partial charge in [0.1, 0.15) is 0 Å². The van der Waals surface area contributed by atoms with E-state index in [2.05, 4.69) is 5.32 Å². The van der Waals surface area contributed by atoms with Crippen molar-refractivity contribution in [1.82, 2.24) is 4.90 Å². The van der Waals surface area contributed by atoms with E-state index in [1.54, 1.807) is 36.2 Å². The number of thiocarbonyl (C=S) groups is 1. The zero-order valence-corrected chi connectivity index (χ0v) is 11.9. The summed E-state index contributed by atoms with van der Waals surface area (Å²) >= 11 is 10.6. The van der Waals surface area contributed by atoms with Crippen molar-refractivity contribution in [3.8, 4) is 0 Å². The van der Waals surface area contributed by atoms with Gasteiger partial charge in [0.15, 0.2) is 0 Å². The molecule has 18 heavy (non-hydrogen) atoms. The Morgan fingerprint density at radius 3 is 2.56 bits per heavy atom. The summed E-state index contributed by atoms with van der Waals surface area (Å²) < 4.78 is 0. The molecule has 3 N–H and O–H groups in total. The monoisotopic (exact) mass is 285 g/mol. The molecule has 4 nitrogen and oxygen atoms in total. The third kappa shape index (κ3) is 4.60. The Labute approximate surface area is 117 Å². The van der Waals surface area contributed by atoms with Crippen LogP contribution in [0.25, 0.3) is 0 Å². The van der Waals surface area contributed by atoms with Crippen molar-refractivity contribution in [2.75, 3.05) is 18.9 Å². The van der Waals surface area contributed by atoms with Crippen molar-refractivity contribution >= 4 is 40.4 Å². The summed E-state index contributed by atoms with van der Waals surface area (Å²) in [5.74, 6) is -0.122. The molecule has 0 fully saturated rings. The van der Waals surface area contributed by atoms with Crippen LogP contribution in [-0.4, -0.2) is 35.4 Å². The number of anilines is 1. The molecule has 0 aromatic heterocycles. The van der Waals surface area contributed by atoms with Crippen molar-refractivity contribution in [2.45, 2.75) is 13.0 Å². The molecule has 98 valence electrons. The largest absolute Gasteiger partial charge is 0.392 e. The van der Waals surface area contributed by atoms with Crippen LogP contribution >= 0.6 is 23.8 Å². The van der Waals surface area contributed by atoms with Gasteiger partial charge in [-0.05, 0) is 38.2 Å². The number of amides is 1. The molecule has 6 heteroatoms. The van der Waals surface area contributed by atoms with Crippen molar-refractivity contribution < 1.29 is 4.79 Å². The maximum atomic E-state index is 11.8. The summed E-state index contributed by atoms with van der Waals surface area (Å²) in [6.07, 6.45) is 0. The molecule has 0 aliphatic heterocycles. The highest BCUT2D eigenvalue weighted by atomic mass is 35.5. The Hall–Kier alpha value is -1.17. The second kappa shape index (κ2) is 6.68. The highest BCUT2D eigenvalue weighted by molar-refractivity contribution is 7.80. The van der Waals surface area contributed by atoms with Crippen molar-refractivity contribution in [1.29, 1.82) is 0 Å². The molecule has 1 rings (SSSR count). The Morgan fingerprint density at radius 1 is 1.50 bits per heavy atom. The van der Waals surface area contributed by atoms with Crippen LogP contribution in [0.3, 0.4) is 0 Å². The molecule has 0 spiro atoms. The Morgan fingerprint density at radius 2 is 2.06 bits per heavy atom. The minimum atomic E-state index is -0.122. The molecule has 1 aromatic carbocycles. The lowest BCUT2D eigenvalue weighted by Crippen LogP contribution is -2.43. The van der Waals surface area contributed by atoms with Crippen LogP contribution in [0.15, 0.2) is 24.3 Å². The van der Waals surface area contributed by atoms with Crippen LogP contribution in [0.2, 0.25) is 5.02 Å². The van der Waals surface area contributed by atoms with Gasteiger partial charge in [0.25, 0.3) is 0 Å². The number of carbonyl (C=O) groups is 1. The quantitative estimate of drug-likeness (QED) is 0.811. The van der Waals surface area contributed by atoms with Gasteiger partial charge < -0.3 is 11.1 Å². The number of likely N-dealkylation sites (N-methyl/N-ethyl adjacent to an activating group) is 1. The van der Waals surface area contributed by atoms with Gasteiger partial charge in [-0.1, -0.05) is 23.8 Å². The topological polar surface area (TPSA) is 58.4 Å². The normalized spacial score (nSPS) is 12.2. The van der Waals surface area contributed by atoms with Gasteiger partial charge in [-0.15, -0.1) is 0 Å². The third-order valence-electron chi connectivity index (χ3n) is 2.59. The first kappa shape index (κ1) is 14.9. The van der Waals surface area contributed by atoms with E-state index in [9.17, 15) is 4.79 Å². The molecule has 0 bridgehead atoms. The maximum absolute atomic E-state index is 11.8. The smallest absolute Gasteiger partial charge is 0.238 e.